The van der Waals surface area contributed by atoms with E-state index in [1.807, 2.05) is 37.3 Å². The fourth-order valence-electron chi connectivity index (χ4n) is 2.63. The lowest BCUT2D eigenvalue weighted by molar-refractivity contribution is -0.122. The second kappa shape index (κ2) is 7.04. The van der Waals surface area contributed by atoms with Gasteiger partial charge in [-0.05, 0) is 18.4 Å². The monoisotopic (exact) mass is 310 g/mol. The van der Waals surface area contributed by atoms with Crippen LogP contribution in [0.4, 0.5) is 0 Å². The summed E-state index contributed by atoms with van der Waals surface area (Å²) in [6.07, 6.45) is 1.40. The minimum absolute atomic E-state index is 0.0414. The zero-order chi connectivity index (χ0) is 15.3. The van der Waals surface area contributed by atoms with Crippen LogP contribution in [-0.4, -0.2) is 44.0 Å². The molecule has 1 amide bonds. The topological polar surface area (TPSA) is 66.5 Å². The second-order valence-electron chi connectivity index (χ2n) is 5.23. The van der Waals surface area contributed by atoms with Crippen LogP contribution in [0.15, 0.2) is 30.3 Å². The van der Waals surface area contributed by atoms with Gasteiger partial charge in [-0.2, -0.15) is 0 Å². The average molecular weight is 310 g/mol. The fourth-order valence-corrected chi connectivity index (χ4v) is 4.16. The molecule has 0 unspecified atom stereocenters. The molecule has 116 valence electrons. The zero-order valence-corrected chi connectivity index (χ0v) is 13.1. The summed E-state index contributed by atoms with van der Waals surface area (Å²) in [5.41, 5.74) is 0.992. The molecule has 2 rings (SSSR count). The highest BCUT2D eigenvalue weighted by Gasteiger charge is 2.27. The van der Waals surface area contributed by atoms with Crippen molar-refractivity contribution >= 4 is 15.9 Å². The smallest absolute Gasteiger partial charge is 0.227 e. The zero-order valence-electron chi connectivity index (χ0n) is 12.3. The molecule has 1 aromatic rings. The van der Waals surface area contributed by atoms with Gasteiger partial charge in [0.05, 0.1) is 11.7 Å². The van der Waals surface area contributed by atoms with Crippen LogP contribution in [0.1, 0.15) is 31.2 Å². The van der Waals surface area contributed by atoms with Crippen LogP contribution in [0.5, 0.6) is 0 Å². The van der Waals surface area contributed by atoms with Crippen LogP contribution in [0.3, 0.4) is 0 Å². The molecule has 0 saturated carbocycles. The molecule has 1 heterocycles. The van der Waals surface area contributed by atoms with Crippen LogP contribution in [0.2, 0.25) is 0 Å². The molecule has 1 aliphatic rings. The van der Waals surface area contributed by atoms with E-state index in [4.69, 9.17) is 0 Å². The Kier molecular flexibility index (Phi) is 5.36. The number of carbonyl (C=O) groups is 1. The Labute approximate surface area is 126 Å². The van der Waals surface area contributed by atoms with Crippen molar-refractivity contribution in [2.24, 2.45) is 0 Å². The molecule has 5 nitrogen and oxygen atoms in total. The Hall–Kier alpha value is -1.40. The number of sulfonamides is 1. The summed E-state index contributed by atoms with van der Waals surface area (Å²) in [5, 5.41) is 2.85. The first-order valence-corrected chi connectivity index (χ1v) is 8.96. The molecule has 0 aliphatic carbocycles. The molecule has 0 bridgehead atoms. The Morgan fingerprint density at radius 1 is 1.33 bits per heavy atom. The summed E-state index contributed by atoms with van der Waals surface area (Å²) in [6, 6.07) is 9.65. The SMILES string of the molecule is CC[C@H](C(=O)NCCN1CCCS1(=O)=O)c1ccccc1. The van der Waals surface area contributed by atoms with Gasteiger partial charge < -0.3 is 5.32 Å². The number of amides is 1. The van der Waals surface area contributed by atoms with E-state index in [0.29, 0.717) is 26.1 Å². The molecule has 0 aromatic heterocycles. The van der Waals surface area contributed by atoms with Crippen LogP contribution >= 0.6 is 0 Å². The third kappa shape index (κ3) is 4.04. The predicted octanol–water partition coefficient (Wildman–Crippen LogP) is 1.33. The highest BCUT2D eigenvalue weighted by atomic mass is 32.2. The Balaban J connectivity index is 1.86. The van der Waals surface area contributed by atoms with Gasteiger partial charge in [0.2, 0.25) is 15.9 Å². The van der Waals surface area contributed by atoms with Crippen molar-refractivity contribution in [2.75, 3.05) is 25.4 Å². The lowest BCUT2D eigenvalue weighted by Crippen LogP contribution is -2.37. The van der Waals surface area contributed by atoms with Crippen LogP contribution in [0, 0.1) is 0 Å². The summed E-state index contributed by atoms with van der Waals surface area (Å²) in [7, 11) is -3.08. The quantitative estimate of drug-likeness (QED) is 0.862. The van der Waals surface area contributed by atoms with E-state index < -0.39 is 10.0 Å². The van der Waals surface area contributed by atoms with Gasteiger partial charge in [0.25, 0.3) is 0 Å². The van der Waals surface area contributed by atoms with Crippen molar-refractivity contribution in [1.29, 1.82) is 0 Å². The lowest BCUT2D eigenvalue weighted by atomic mass is 9.96. The normalized spacial score (nSPS) is 19.3. The predicted molar refractivity (Wildman–Crippen MR) is 82.5 cm³/mol. The van der Waals surface area contributed by atoms with Crippen LogP contribution in [-0.2, 0) is 14.8 Å². The average Bonchev–Trinajstić information content (AvgIpc) is 2.80. The minimum Gasteiger partial charge on any atom is -0.354 e. The lowest BCUT2D eigenvalue weighted by Gasteiger charge is -2.18. The third-order valence-electron chi connectivity index (χ3n) is 3.79. The molecule has 1 saturated heterocycles. The number of carbonyl (C=O) groups excluding carboxylic acids is 1. The molecule has 0 spiro atoms. The van der Waals surface area contributed by atoms with Crippen LogP contribution in [0.25, 0.3) is 0 Å². The molecule has 1 N–H and O–H groups in total. The van der Waals surface area contributed by atoms with Crippen molar-refractivity contribution in [3.8, 4) is 0 Å². The van der Waals surface area contributed by atoms with Crippen molar-refractivity contribution in [3.63, 3.8) is 0 Å². The summed E-state index contributed by atoms with van der Waals surface area (Å²) in [4.78, 5) is 12.2. The first-order chi connectivity index (χ1) is 10.0. The third-order valence-corrected chi connectivity index (χ3v) is 5.75. The van der Waals surface area contributed by atoms with E-state index >= 15 is 0 Å². The van der Waals surface area contributed by atoms with Gasteiger partial charge in [0, 0.05) is 19.6 Å². The maximum absolute atomic E-state index is 12.2. The van der Waals surface area contributed by atoms with E-state index in [1.54, 1.807) is 0 Å². The Morgan fingerprint density at radius 3 is 2.62 bits per heavy atom. The van der Waals surface area contributed by atoms with Crippen molar-refractivity contribution in [3.05, 3.63) is 35.9 Å². The van der Waals surface area contributed by atoms with Gasteiger partial charge in [0.15, 0.2) is 0 Å². The molecule has 1 aliphatic heterocycles. The second-order valence-corrected chi connectivity index (χ2v) is 7.32. The van der Waals surface area contributed by atoms with Crippen molar-refractivity contribution < 1.29 is 13.2 Å². The van der Waals surface area contributed by atoms with Gasteiger partial charge in [-0.1, -0.05) is 37.3 Å². The number of hydrogen-bond donors (Lipinski definition) is 1. The Morgan fingerprint density at radius 2 is 2.05 bits per heavy atom. The highest BCUT2D eigenvalue weighted by molar-refractivity contribution is 7.89. The summed E-state index contributed by atoms with van der Waals surface area (Å²) < 4.78 is 24.8. The summed E-state index contributed by atoms with van der Waals surface area (Å²) in [5.74, 6) is 0.00408. The van der Waals surface area contributed by atoms with Crippen molar-refractivity contribution in [1.82, 2.24) is 9.62 Å². The maximum Gasteiger partial charge on any atom is 0.227 e. The van der Waals surface area contributed by atoms with E-state index in [1.165, 1.54) is 4.31 Å². The van der Waals surface area contributed by atoms with E-state index in [9.17, 15) is 13.2 Å². The van der Waals surface area contributed by atoms with Crippen molar-refractivity contribution in [2.45, 2.75) is 25.7 Å². The van der Waals surface area contributed by atoms with Gasteiger partial charge in [-0.3, -0.25) is 4.79 Å². The molecule has 0 radical (unpaired) electrons. The van der Waals surface area contributed by atoms with Gasteiger partial charge in [-0.25, -0.2) is 12.7 Å². The highest BCUT2D eigenvalue weighted by Crippen LogP contribution is 2.19. The minimum atomic E-state index is -3.08. The van der Waals surface area contributed by atoms with E-state index in [-0.39, 0.29) is 17.6 Å². The molecular formula is C15H22N2O3S. The first-order valence-electron chi connectivity index (χ1n) is 7.35. The molecule has 1 atom stereocenters. The Bertz CT molecular complexity index is 572. The number of benzene rings is 1. The molecule has 1 fully saturated rings. The largest absolute Gasteiger partial charge is 0.354 e. The number of hydrogen-bond acceptors (Lipinski definition) is 3. The molecule has 21 heavy (non-hydrogen) atoms. The number of rotatable bonds is 6. The summed E-state index contributed by atoms with van der Waals surface area (Å²) >= 11 is 0. The molecular weight excluding hydrogens is 288 g/mol. The van der Waals surface area contributed by atoms with E-state index in [0.717, 1.165) is 12.0 Å². The summed E-state index contributed by atoms with van der Waals surface area (Å²) in [6.45, 7) is 3.26. The van der Waals surface area contributed by atoms with Gasteiger partial charge in [-0.15, -0.1) is 0 Å². The van der Waals surface area contributed by atoms with Gasteiger partial charge >= 0.3 is 0 Å². The number of nitrogens with one attached hydrogen (secondary N) is 1. The van der Waals surface area contributed by atoms with Crippen LogP contribution < -0.4 is 5.32 Å². The van der Waals surface area contributed by atoms with E-state index in [2.05, 4.69) is 5.32 Å². The molecule has 6 heteroatoms. The number of nitrogens with zero attached hydrogens (tertiary/aromatic N) is 1. The maximum atomic E-state index is 12.2. The van der Waals surface area contributed by atoms with Gasteiger partial charge in [0.1, 0.15) is 0 Å². The first kappa shape index (κ1) is 16.0. The molecule has 1 aromatic carbocycles. The fraction of sp³-hybridized carbons (Fsp3) is 0.533. The standard InChI is InChI=1S/C15H22N2O3S/c1-2-14(13-7-4-3-5-8-13)15(18)16-9-11-17-10-6-12-21(17,19)20/h3-5,7-8,14H,2,6,9-12H2,1H3,(H,16,18)/t14-/m0/s1.